The van der Waals surface area contributed by atoms with Gasteiger partial charge in [-0.25, -0.2) is 4.79 Å². The van der Waals surface area contributed by atoms with Gasteiger partial charge < -0.3 is 4.89 Å². The van der Waals surface area contributed by atoms with Crippen molar-refractivity contribution in [3.63, 3.8) is 0 Å². The van der Waals surface area contributed by atoms with Crippen molar-refractivity contribution in [2.45, 2.75) is 73.1 Å². The molecule has 3 nitrogen and oxygen atoms in total. The second kappa shape index (κ2) is 7.00. The normalized spacial score (nSPS) is 15.4. The molecule has 0 aromatic carbocycles. The summed E-state index contributed by atoms with van der Waals surface area (Å²) in [6, 6.07) is 0. The molecule has 0 radical (unpaired) electrons. The molecule has 0 aliphatic rings. The summed E-state index contributed by atoms with van der Waals surface area (Å²) >= 11 is 0. The van der Waals surface area contributed by atoms with Crippen molar-refractivity contribution >= 4 is 5.97 Å². The molecule has 1 N–H and O–H groups in total. The second-order valence-electron chi connectivity index (χ2n) is 5.55. The zero-order valence-corrected chi connectivity index (χ0v) is 12.0. The van der Waals surface area contributed by atoms with Gasteiger partial charge in [-0.15, -0.1) is 0 Å². The van der Waals surface area contributed by atoms with E-state index < -0.39 is 11.4 Å². The van der Waals surface area contributed by atoms with E-state index in [1.807, 2.05) is 6.92 Å². The van der Waals surface area contributed by atoms with E-state index in [2.05, 4.69) is 32.6 Å². The minimum absolute atomic E-state index is 0.147. The lowest BCUT2D eigenvalue weighted by molar-refractivity contribution is -0.253. The van der Waals surface area contributed by atoms with Crippen molar-refractivity contribution in [1.82, 2.24) is 0 Å². The Morgan fingerprint density at radius 3 is 2.06 bits per heavy atom. The minimum atomic E-state index is -0.562. The van der Waals surface area contributed by atoms with E-state index in [1.165, 1.54) is 0 Å². The molecule has 3 heteroatoms. The fourth-order valence-corrected chi connectivity index (χ4v) is 2.95. The van der Waals surface area contributed by atoms with Gasteiger partial charge in [-0.1, -0.05) is 53.9 Å². The predicted octanol–water partition coefficient (Wildman–Crippen LogP) is 4.42. The monoisotopic (exact) mass is 244 g/mol. The lowest BCUT2D eigenvalue weighted by atomic mass is 9.59. The van der Waals surface area contributed by atoms with E-state index in [-0.39, 0.29) is 5.41 Å². The number of unbranched alkanes of at least 4 members (excludes halogenated alkanes) is 1. The average Bonchev–Trinajstić information content (AvgIpc) is 2.29. The third kappa shape index (κ3) is 3.44. The molecule has 1 unspecified atom stereocenters. The van der Waals surface area contributed by atoms with Gasteiger partial charge >= 0.3 is 5.97 Å². The summed E-state index contributed by atoms with van der Waals surface area (Å²) < 4.78 is 0. The van der Waals surface area contributed by atoms with E-state index >= 15 is 0 Å². The molecule has 1 atom stereocenters. The van der Waals surface area contributed by atoms with Crippen LogP contribution in [0.3, 0.4) is 0 Å². The van der Waals surface area contributed by atoms with Crippen LogP contribution in [0.1, 0.15) is 73.1 Å². The summed E-state index contributed by atoms with van der Waals surface area (Å²) in [5, 5.41) is 8.78. The molecule has 0 spiro atoms. The summed E-state index contributed by atoms with van der Waals surface area (Å²) in [7, 11) is 0. The Hall–Kier alpha value is -0.570. The van der Waals surface area contributed by atoms with Crippen LogP contribution in [0.15, 0.2) is 0 Å². The molecule has 17 heavy (non-hydrogen) atoms. The van der Waals surface area contributed by atoms with Crippen LogP contribution >= 0.6 is 0 Å². The summed E-state index contributed by atoms with van der Waals surface area (Å²) in [6.07, 6.45) is 5.50. The third-order valence-corrected chi connectivity index (χ3v) is 4.20. The Labute approximate surface area is 105 Å². The zero-order valence-electron chi connectivity index (χ0n) is 12.0. The van der Waals surface area contributed by atoms with Gasteiger partial charge in [-0.3, -0.25) is 0 Å². The van der Waals surface area contributed by atoms with Crippen molar-refractivity contribution in [2.75, 3.05) is 0 Å². The van der Waals surface area contributed by atoms with Crippen LogP contribution in [0.5, 0.6) is 0 Å². The second-order valence-corrected chi connectivity index (χ2v) is 5.55. The van der Waals surface area contributed by atoms with Gasteiger partial charge in [-0.05, 0) is 24.7 Å². The molecule has 0 rings (SSSR count). The Bertz CT molecular complexity index is 236. The Morgan fingerprint density at radius 1 is 1.12 bits per heavy atom. The zero-order chi connectivity index (χ0) is 13.5. The smallest absolute Gasteiger partial charge is 0.300 e. The van der Waals surface area contributed by atoms with Crippen LogP contribution in [-0.4, -0.2) is 11.2 Å². The molecule has 0 aromatic rings. The lowest BCUT2D eigenvalue weighted by Crippen LogP contribution is -2.45. The molecule has 0 bridgehead atoms. The molecule has 0 fully saturated rings. The van der Waals surface area contributed by atoms with Crippen molar-refractivity contribution in [1.29, 1.82) is 0 Å². The highest BCUT2D eigenvalue weighted by Gasteiger charge is 2.50. The maximum Gasteiger partial charge on any atom is 0.348 e. The maximum absolute atomic E-state index is 12.0. The topological polar surface area (TPSA) is 46.5 Å². The van der Waals surface area contributed by atoms with E-state index in [4.69, 9.17) is 5.26 Å². The van der Waals surface area contributed by atoms with Gasteiger partial charge in [0.05, 0.1) is 5.41 Å². The molecule has 102 valence electrons. The standard InChI is InChI=1S/C14H28O3/c1-6-9-11-14(8-3,12(15)17-16)13(4,5)10-7-2/h16H,6-11H2,1-5H3. The Kier molecular flexibility index (Phi) is 6.76. The molecular formula is C14H28O3. The number of carbonyl (C=O) groups is 1. The molecule has 0 aromatic heterocycles. The maximum atomic E-state index is 12.0. The summed E-state index contributed by atoms with van der Waals surface area (Å²) in [5.41, 5.74) is -0.709. The average molecular weight is 244 g/mol. The van der Waals surface area contributed by atoms with Crippen LogP contribution in [0.2, 0.25) is 0 Å². The number of hydrogen-bond acceptors (Lipinski definition) is 3. The summed E-state index contributed by atoms with van der Waals surface area (Å²) in [4.78, 5) is 16.1. The van der Waals surface area contributed by atoms with Crippen molar-refractivity contribution < 1.29 is 14.9 Å². The first-order valence-corrected chi connectivity index (χ1v) is 6.77. The van der Waals surface area contributed by atoms with Crippen LogP contribution in [0, 0.1) is 10.8 Å². The molecule has 0 heterocycles. The first kappa shape index (κ1) is 16.4. The fourth-order valence-electron chi connectivity index (χ4n) is 2.95. The highest BCUT2D eigenvalue weighted by Crippen LogP contribution is 2.49. The molecule has 0 saturated carbocycles. The van der Waals surface area contributed by atoms with Crippen LogP contribution < -0.4 is 0 Å². The molecule has 0 aliphatic carbocycles. The van der Waals surface area contributed by atoms with Crippen molar-refractivity contribution in [3.8, 4) is 0 Å². The fraction of sp³-hybridized carbons (Fsp3) is 0.929. The van der Waals surface area contributed by atoms with Gasteiger partial charge in [-0.2, -0.15) is 5.26 Å². The van der Waals surface area contributed by atoms with Gasteiger partial charge in [0.25, 0.3) is 0 Å². The summed E-state index contributed by atoms with van der Waals surface area (Å²) in [5.74, 6) is -0.466. The Balaban J connectivity index is 5.23. The van der Waals surface area contributed by atoms with Crippen LogP contribution in [-0.2, 0) is 9.68 Å². The van der Waals surface area contributed by atoms with Gasteiger partial charge in [0.15, 0.2) is 0 Å². The highest BCUT2D eigenvalue weighted by molar-refractivity contribution is 5.77. The van der Waals surface area contributed by atoms with E-state index in [0.717, 1.165) is 32.1 Å². The van der Waals surface area contributed by atoms with Crippen molar-refractivity contribution in [2.24, 2.45) is 10.8 Å². The Morgan fingerprint density at radius 2 is 1.71 bits per heavy atom. The van der Waals surface area contributed by atoms with E-state index in [0.29, 0.717) is 6.42 Å². The van der Waals surface area contributed by atoms with Crippen molar-refractivity contribution in [3.05, 3.63) is 0 Å². The third-order valence-electron chi connectivity index (χ3n) is 4.20. The SMILES string of the molecule is CCCCC(CC)(C(=O)OO)C(C)(C)CCC. The van der Waals surface area contributed by atoms with Gasteiger partial charge in [0.1, 0.15) is 0 Å². The lowest BCUT2D eigenvalue weighted by Gasteiger charge is -2.43. The van der Waals surface area contributed by atoms with E-state index in [9.17, 15) is 4.79 Å². The largest absolute Gasteiger partial charge is 0.348 e. The quantitative estimate of drug-likeness (QED) is 0.508. The first-order valence-electron chi connectivity index (χ1n) is 6.77. The summed E-state index contributed by atoms with van der Waals surface area (Å²) in [6.45, 7) is 10.4. The van der Waals surface area contributed by atoms with E-state index in [1.54, 1.807) is 0 Å². The number of hydrogen-bond donors (Lipinski definition) is 1. The van der Waals surface area contributed by atoms with Gasteiger partial charge in [0, 0.05) is 0 Å². The van der Waals surface area contributed by atoms with Crippen LogP contribution in [0.4, 0.5) is 0 Å². The molecule has 0 saturated heterocycles. The predicted molar refractivity (Wildman–Crippen MR) is 69.7 cm³/mol. The molecule has 0 aliphatic heterocycles. The number of rotatable bonds is 8. The van der Waals surface area contributed by atoms with Gasteiger partial charge in [0.2, 0.25) is 0 Å². The molecular weight excluding hydrogens is 216 g/mol. The first-order chi connectivity index (χ1) is 7.91. The minimum Gasteiger partial charge on any atom is -0.300 e. The van der Waals surface area contributed by atoms with Crippen LogP contribution in [0.25, 0.3) is 0 Å². The molecule has 0 amide bonds. The highest BCUT2D eigenvalue weighted by atomic mass is 17.1. The number of carbonyl (C=O) groups excluding carboxylic acids is 1.